The van der Waals surface area contributed by atoms with Gasteiger partial charge in [-0.3, -0.25) is 0 Å². The minimum atomic E-state index is -2.82. The summed E-state index contributed by atoms with van der Waals surface area (Å²) in [4.78, 5) is 10.3. The third-order valence-corrected chi connectivity index (χ3v) is 2.32. The molecule has 1 aromatic carbocycles. The van der Waals surface area contributed by atoms with E-state index in [0.29, 0.717) is 12.0 Å². The highest BCUT2D eigenvalue weighted by atomic mass is 19.3. The molecule has 0 radical (unpaired) electrons. The molecule has 0 spiro atoms. The highest BCUT2D eigenvalue weighted by Crippen LogP contribution is 2.32. The fourth-order valence-corrected chi connectivity index (χ4v) is 1.46. The molecule has 0 fully saturated rings. The molecule has 0 saturated heterocycles. The number of hydrogen-bond acceptors (Lipinski definition) is 1. The van der Waals surface area contributed by atoms with E-state index in [0.717, 1.165) is 6.08 Å². The summed E-state index contributed by atoms with van der Waals surface area (Å²) >= 11 is 0. The molecule has 0 aliphatic rings. The van der Waals surface area contributed by atoms with Crippen LogP contribution in [0.3, 0.4) is 0 Å². The molecule has 2 nitrogen and oxygen atoms in total. The molecular weight excluding hydrogens is 226 g/mol. The Hall–Kier alpha value is -1.71. The van der Waals surface area contributed by atoms with Crippen LogP contribution >= 0.6 is 0 Å². The normalized spacial score (nSPS) is 11.9. The van der Waals surface area contributed by atoms with Gasteiger partial charge in [-0.05, 0) is 11.6 Å². The minimum Gasteiger partial charge on any atom is -0.478 e. The number of carbonyl (C=O) groups is 1. The van der Waals surface area contributed by atoms with Crippen LogP contribution in [0, 0.1) is 0 Å². The lowest BCUT2D eigenvalue weighted by atomic mass is 10.0. The summed E-state index contributed by atoms with van der Waals surface area (Å²) in [7, 11) is 0. The number of carboxylic acids is 1. The van der Waals surface area contributed by atoms with Gasteiger partial charge in [-0.15, -0.1) is 0 Å². The number of hydrogen-bond donors (Lipinski definition) is 1. The average molecular weight is 240 g/mol. The van der Waals surface area contributed by atoms with Crippen molar-refractivity contribution in [3.63, 3.8) is 0 Å². The number of alkyl halides is 2. The highest BCUT2D eigenvalue weighted by Gasteiger charge is 2.29. The first-order valence-corrected chi connectivity index (χ1v) is 5.35. The van der Waals surface area contributed by atoms with E-state index in [2.05, 4.69) is 0 Å². The van der Waals surface area contributed by atoms with Crippen LogP contribution in [0.2, 0.25) is 0 Å². The van der Waals surface area contributed by atoms with Crippen molar-refractivity contribution >= 4 is 12.0 Å². The minimum absolute atomic E-state index is 0.0353. The van der Waals surface area contributed by atoms with Crippen molar-refractivity contribution in [2.75, 3.05) is 0 Å². The molecule has 1 aromatic rings. The molecule has 1 rings (SSSR count). The molecule has 17 heavy (non-hydrogen) atoms. The Labute approximate surface area is 98.6 Å². The number of benzene rings is 1. The third kappa shape index (κ3) is 3.98. The van der Waals surface area contributed by atoms with Crippen LogP contribution in [0.25, 0.3) is 6.08 Å². The Kier molecular flexibility index (Phi) is 4.37. The lowest BCUT2D eigenvalue weighted by Gasteiger charge is -2.15. The first-order chi connectivity index (χ1) is 7.95. The van der Waals surface area contributed by atoms with Gasteiger partial charge in [-0.2, -0.15) is 0 Å². The maximum Gasteiger partial charge on any atom is 0.328 e. The van der Waals surface area contributed by atoms with Crippen LogP contribution in [0.4, 0.5) is 8.78 Å². The molecule has 92 valence electrons. The van der Waals surface area contributed by atoms with Crippen LogP contribution in [-0.2, 0) is 10.7 Å². The number of carboxylic acid groups (broad SMARTS) is 1. The summed E-state index contributed by atoms with van der Waals surface area (Å²) in [5.74, 6) is -3.88. The third-order valence-electron chi connectivity index (χ3n) is 2.32. The molecule has 1 N–H and O–H groups in total. The van der Waals surface area contributed by atoms with Crippen LogP contribution in [-0.4, -0.2) is 11.1 Å². The summed E-state index contributed by atoms with van der Waals surface area (Å²) in [6.45, 7) is 1.71. The van der Waals surface area contributed by atoms with Crippen molar-refractivity contribution in [1.82, 2.24) is 0 Å². The topological polar surface area (TPSA) is 37.3 Å². The average Bonchev–Trinajstić information content (AvgIpc) is 2.27. The Balaban J connectivity index is 2.84. The monoisotopic (exact) mass is 240 g/mol. The van der Waals surface area contributed by atoms with Crippen LogP contribution in [0.5, 0.6) is 0 Å². The Morgan fingerprint density at radius 2 is 1.94 bits per heavy atom. The van der Waals surface area contributed by atoms with Crippen LogP contribution in [0.1, 0.15) is 30.9 Å². The standard InChI is InChI=1S/C13H14F2O2/c1-2-9-13(14,15)11-6-3-10(4-7-11)5-8-12(16)17/h3-8H,2,9H2,1H3,(H,16,17)/b8-5+. The zero-order valence-electron chi connectivity index (χ0n) is 9.49. The predicted molar refractivity (Wildman–Crippen MR) is 61.9 cm³/mol. The SMILES string of the molecule is CCCC(F)(F)c1ccc(/C=C/C(=O)O)cc1. The summed E-state index contributed by atoms with van der Waals surface area (Å²) in [6.07, 6.45) is 2.56. The maximum atomic E-state index is 13.5. The molecule has 0 aliphatic heterocycles. The zero-order valence-corrected chi connectivity index (χ0v) is 9.49. The number of halogens is 2. The largest absolute Gasteiger partial charge is 0.478 e. The quantitative estimate of drug-likeness (QED) is 0.797. The van der Waals surface area contributed by atoms with Gasteiger partial charge in [-0.25, -0.2) is 13.6 Å². The number of aliphatic carboxylic acids is 1. The lowest BCUT2D eigenvalue weighted by Crippen LogP contribution is -2.12. The van der Waals surface area contributed by atoms with Gasteiger partial charge in [0.05, 0.1) is 0 Å². The van der Waals surface area contributed by atoms with Crippen molar-refractivity contribution in [2.45, 2.75) is 25.7 Å². The Bertz CT molecular complexity index is 408. The fourth-order valence-electron chi connectivity index (χ4n) is 1.46. The molecule has 0 aliphatic carbocycles. The van der Waals surface area contributed by atoms with E-state index in [1.807, 2.05) is 0 Å². The van der Waals surface area contributed by atoms with Gasteiger partial charge in [0, 0.05) is 18.1 Å². The zero-order chi connectivity index (χ0) is 12.9. The molecule has 0 heterocycles. The molecule has 4 heteroatoms. The molecule has 0 unspecified atom stereocenters. The van der Waals surface area contributed by atoms with Crippen molar-refractivity contribution in [3.8, 4) is 0 Å². The summed E-state index contributed by atoms with van der Waals surface area (Å²) in [6, 6.07) is 5.63. The fraction of sp³-hybridized carbons (Fsp3) is 0.308. The highest BCUT2D eigenvalue weighted by molar-refractivity contribution is 5.85. The molecular formula is C13H14F2O2. The van der Waals surface area contributed by atoms with E-state index in [1.165, 1.54) is 30.3 Å². The van der Waals surface area contributed by atoms with Gasteiger partial charge in [0.25, 0.3) is 5.92 Å². The van der Waals surface area contributed by atoms with Crippen molar-refractivity contribution in [3.05, 3.63) is 41.5 Å². The molecule has 0 aromatic heterocycles. The number of rotatable bonds is 5. The van der Waals surface area contributed by atoms with E-state index >= 15 is 0 Å². The van der Waals surface area contributed by atoms with Crippen molar-refractivity contribution < 1.29 is 18.7 Å². The first kappa shape index (κ1) is 13.4. The lowest BCUT2D eigenvalue weighted by molar-refractivity contribution is -0.131. The first-order valence-electron chi connectivity index (χ1n) is 5.35. The summed E-state index contributed by atoms with van der Waals surface area (Å²) in [5, 5.41) is 8.42. The van der Waals surface area contributed by atoms with Crippen LogP contribution in [0.15, 0.2) is 30.3 Å². The summed E-state index contributed by atoms with van der Waals surface area (Å²) < 4.78 is 27.0. The Morgan fingerprint density at radius 1 is 1.35 bits per heavy atom. The molecule has 0 bridgehead atoms. The van der Waals surface area contributed by atoms with Crippen molar-refractivity contribution in [1.29, 1.82) is 0 Å². The van der Waals surface area contributed by atoms with Gasteiger partial charge in [-0.1, -0.05) is 37.6 Å². The van der Waals surface area contributed by atoms with E-state index in [9.17, 15) is 13.6 Å². The maximum absolute atomic E-state index is 13.5. The molecule has 0 saturated carbocycles. The van der Waals surface area contributed by atoms with Gasteiger partial charge in [0.2, 0.25) is 0 Å². The second kappa shape index (κ2) is 5.57. The second-order valence-corrected chi connectivity index (χ2v) is 3.75. The predicted octanol–water partition coefficient (Wildman–Crippen LogP) is 3.68. The Morgan fingerprint density at radius 3 is 2.41 bits per heavy atom. The van der Waals surface area contributed by atoms with E-state index in [1.54, 1.807) is 6.92 Å². The van der Waals surface area contributed by atoms with Crippen molar-refractivity contribution in [2.24, 2.45) is 0 Å². The second-order valence-electron chi connectivity index (χ2n) is 3.75. The van der Waals surface area contributed by atoms with Gasteiger partial charge >= 0.3 is 5.97 Å². The molecule has 0 amide bonds. The van der Waals surface area contributed by atoms with E-state index in [4.69, 9.17) is 5.11 Å². The van der Waals surface area contributed by atoms with Gasteiger partial charge in [0.1, 0.15) is 0 Å². The van der Waals surface area contributed by atoms with E-state index in [-0.39, 0.29) is 12.0 Å². The van der Waals surface area contributed by atoms with Gasteiger partial charge < -0.3 is 5.11 Å². The summed E-state index contributed by atoms with van der Waals surface area (Å²) in [5.41, 5.74) is 0.551. The van der Waals surface area contributed by atoms with Crippen LogP contribution < -0.4 is 0 Å². The van der Waals surface area contributed by atoms with E-state index < -0.39 is 11.9 Å². The molecule has 0 atom stereocenters. The smallest absolute Gasteiger partial charge is 0.328 e. The van der Waals surface area contributed by atoms with Gasteiger partial charge in [0.15, 0.2) is 0 Å².